The van der Waals surface area contributed by atoms with Gasteiger partial charge in [-0.2, -0.15) is 5.10 Å². The fourth-order valence-electron chi connectivity index (χ4n) is 2.78. The predicted octanol–water partition coefficient (Wildman–Crippen LogP) is 4.59. The fraction of sp³-hybridized carbons (Fsp3) is 0.143. The molecule has 8 heteroatoms. The lowest BCUT2D eigenvalue weighted by Crippen LogP contribution is -2.12. The molecule has 7 nitrogen and oxygen atoms in total. The van der Waals surface area contributed by atoms with Crippen molar-refractivity contribution in [2.75, 3.05) is 5.32 Å². The van der Waals surface area contributed by atoms with Crippen LogP contribution in [-0.2, 0) is 0 Å². The molecule has 0 unspecified atom stereocenters. The van der Waals surface area contributed by atoms with Gasteiger partial charge in [0.25, 0.3) is 5.91 Å². The van der Waals surface area contributed by atoms with E-state index in [9.17, 15) is 9.18 Å². The maximum Gasteiger partial charge on any atom is 0.257 e. The first-order valence-electron chi connectivity index (χ1n) is 9.04. The van der Waals surface area contributed by atoms with Gasteiger partial charge >= 0.3 is 0 Å². The van der Waals surface area contributed by atoms with Gasteiger partial charge in [0.05, 0.1) is 23.6 Å². The molecule has 0 radical (unpaired) electrons. The van der Waals surface area contributed by atoms with E-state index in [1.807, 2.05) is 13.8 Å². The normalized spacial score (nSPS) is 11.0. The van der Waals surface area contributed by atoms with Gasteiger partial charge in [-0.3, -0.25) is 4.79 Å². The molecule has 1 aromatic carbocycles. The Bertz CT molecular complexity index is 1150. The molecule has 29 heavy (non-hydrogen) atoms. The summed E-state index contributed by atoms with van der Waals surface area (Å²) in [5, 5.41) is 7.88. The van der Waals surface area contributed by atoms with E-state index < -0.39 is 0 Å². The standard InChI is InChI=1S/C21H18FN5O2/c1-13(2)27-20-14(11-25-27)9-15(10-24-20)21(28)26-17-5-8-19(23-12-17)29-18-6-3-16(22)4-7-18/h3-13H,1-2H3,(H,26,28). The van der Waals surface area contributed by atoms with Crippen LogP contribution in [0.1, 0.15) is 30.2 Å². The molecule has 0 atom stereocenters. The number of amides is 1. The number of anilines is 1. The number of benzene rings is 1. The van der Waals surface area contributed by atoms with Gasteiger partial charge in [-0.15, -0.1) is 0 Å². The van der Waals surface area contributed by atoms with Crippen molar-refractivity contribution in [3.63, 3.8) is 0 Å². The van der Waals surface area contributed by atoms with E-state index in [1.54, 1.807) is 29.1 Å². The third kappa shape index (κ3) is 4.06. The largest absolute Gasteiger partial charge is 0.439 e. The van der Waals surface area contributed by atoms with Gasteiger partial charge in [0.2, 0.25) is 5.88 Å². The van der Waals surface area contributed by atoms with Crippen LogP contribution in [-0.4, -0.2) is 25.7 Å². The highest BCUT2D eigenvalue weighted by Crippen LogP contribution is 2.21. The Balaban J connectivity index is 1.45. The maximum absolute atomic E-state index is 12.9. The molecule has 0 fully saturated rings. The molecular formula is C21H18FN5O2. The molecule has 3 aromatic heterocycles. The molecule has 4 aromatic rings. The average Bonchev–Trinajstić information content (AvgIpc) is 3.15. The van der Waals surface area contributed by atoms with Crippen molar-refractivity contribution in [3.05, 3.63) is 72.4 Å². The second-order valence-electron chi connectivity index (χ2n) is 6.71. The van der Waals surface area contributed by atoms with Crippen molar-refractivity contribution in [3.8, 4) is 11.6 Å². The molecular weight excluding hydrogens is 373 g/mol. The third-order valence-electron chi connectivity index (χ3n) is 4.21. The number of rotatable bonds is 5. The summed E-state index contributed by atoms with van der Waals surface area (Å²) < 4.78 is 20.3. The lowest BCUT2D eigenvalue weighted by Gasteiger charge is -2.08. The minimum absolute atomic E-state index is 0.182. The van der Waals surface area contributed by atoms with E-state index in [-0.39, 0.29) is 17.8 Å². The van der Waals surface area contributed by atoms with E-state index >= 15 is 0 Å². The highest BCUT2D eigenvalue weighted by Gasteiger charge is 2.12. The Morgan fingerprint density at radius 2 is 1.86 bits per heavy atom. The fourth-order valence-corrected chi connectivity index (χ4v) is 2.78. The first-order valence-corrected chi connectivity index (χ1v) is 9.04. The van der Waals surface area contributed by atoms with Crippen LogP contribution >= 0.6 is 0 Å². The van der Waals surface area contributed by atoms with Gasteiger partial charge in [0.15, 0.2) is 5.65 Å². The zero-order chi connectivity index (χ0) is 20.4. The first-order chi connectivity index (χ1) is 14.0. The second-order valence-corrected chi connectivity index (χ2v) is 6.71. The van der Waals surface area contributed by atoms with Crippen molar-refractivity contribution in [1.82, 2.24) is 19.7 Å². The first kappa shape index (κ1) is 18.5. The number of aromatic nitrogens is 4. The zero-order valence-corrected chi connectivity index (χ0v) is 15.8. The minimum Gasteiger partial charge on any atom is -0.439 e. The summed E-state index contributed by atoms with van der Waals surface area (Å²) in [7, 11) is 0. The quantitative estimate of drug-likeness (QED) is 0.538. The van der Waals surface area contributed by atoms with E-state index in [0.29, 0.717) is 22.9 Å². The van der Waals surface area contributed by atoms with Gasteiger partial charge in [0.1, 0.15) is 11.6 Å². The van der Waals surface area contributed by atoms with E-state index in [2.05, 4.69) is 20.4 Å². The number of nitrogens with one attached hydrogen (secondary N) is 1. The monoisotopic (exact) mass is 391 g/mol. The number of ether oxygens (including phenoxy) is 1. The molecule has 0 saturated carbocycles. The van der Waals surface area contributed by atoms with Gasteiger partial charge in [-0.25, -0.2) is 19.0 Å². The number of halogens is 1. The molecule has 146 valence electrons. The summed E-state index contributed by atoms with van der Waals surface area (Å²) in [5.41, 5.74) is 1.67. The second kappa shape index (κ2) is 7.67. The molecule has 3 heterocycles. The highest BCUT2D eigenvalue weighted by molar-refractivity contribution is 6.05. The van der Waals surface area contributed by atoms with Crippen molar-refractivity contribution < 1.29 is 13.9 Å². The van der Waals surface area contributed by atoms with Crippen LogP contribution in [0.4, 0.5) is 10.1 Å². The van der Waals surface area contributed by atoms with Crippen molar-refractivity contribution >= 4 is 22.6 Å². The Hall–Kier alpha value is -3.81. The number of nitrogens with zero attached hydrogens (tertiary/aromatic N) is 4. The Morgan fingerprint density at radius 1 is 1.07 bits per heavy atom. The average molecular weight is 391 g/mol. The van der Waals surface area contributed by atoms with Crippen molar-refractivity contribution in [1.29, 1.82) is 0 Å². The lowest BCUT2D eigenvalue weighted by atomic mass is 10.2. The molecule has 1 amide bonds. The Kier molecular flexibility index (Phi) is 4.90. The molecule has 0 saturated heterocycles. The van der Waals surface area contributed by atoms with Gasteiger partial charge in [0, 0.05) is 23.7 Å². The SMILES string of the molecule is CC(C)n1ncc2cc(C(=O)Nc3ccc(Oc4ccc(F)cc4)nc3)cnc21. The van der Waals surface area contributed by atoms with Crippen LogP contribution in [0.15, 0.2) is 61.1 Å². The Labute approximate surface area is 166 Å². The number of pyridine rings is 2. The van der Waals surface area contributed by atoms with E-state index in [1.165, 1.54) is 36.7 Å². The van der Waals surface area contributed by atoms with Gasteiger partial charge in [-0.1, -0.05) is 0 Å². The molecule has 0 aliphatic rings. The molecule has 0 spiro atoms. The van der Waals surface area contributed by atoms with Crippen LogP contribution in [0.2, 0.25) is 0 Å². The molecule has 0 aliphatic heterocycles. The number of hydrogen-bond donors (Lipinski definition) is 1. The molecule has 4 rings (SSSR count). The third-order valence-corrected chi connectivity index (χ3v) is 4.21. The summed E-state index contributed by atoms with van der Waals surface area (Å²) in [6, 6.07) is 10.9. The van der Waals surface area contributed by atoms with Crippen LogP contribution in [0, 0.1) is 5.82 Å². The number of hydrogen-bond acceptors (Lipinski definition) is 5. The van der Waals surface area contributed by atoms with Crippen LogP contribution in [0.25, 0.3) is 11.0 Å². The number of carbonyl (C=O) groups is 1. The van der Waals surface area contributed by atoms with Crippen LogP contribution in [0.3, 0.4) is 0 Å². The summed E-state index contributed by atoms with van der Waals surface area (Å²) in [6.45, 7) is 4.04. The minimum atomic E-state index is -0.340. The summed E-state index contributed by atoms with van der Waals surface area (Å²) in [6.07, 6.45) is 4.71. The topological polar surface area (TPSA) is 81.9 Å². The maximum atomic E-state index is 12.9. The van der Waals surface area contributed by atoms with Gasteiger partial charge in [-0.05, 0) is 50.2 Å². The zero-order valence-electron chi connectivity index (χ0n) is 15.8. The van der Waals surface area contributed by atoms with Crippen molar-refractivity contribution in [2.45, 2.75) is 19.9 Å². The van der Waals surface area contributed by atoms with Gasteiger partial charge < -0.3 is 10.1 Å². The summed E-state index contributed by atoms with van der Waals surface area (Å²) >= 11 is 0. The van der Waals surface area contributed by atoms with Crippen LogP contribution in [0.5, 0.6) is 11.6 Å². The van der Waals surface area contributed by atoms with E-state index in [0.717, 1.165) is 11.0 Å². The summed E-state index contributed by atoms with van der Waals surface area (Å²) in [4.78, 5) is 21.1. The summed E-state index contributed by atoms with van der Waals surface area (Å²) in [5.74, 6) is 0.161. The molecule has 1 N–H and O–H groups in total. The molecule has 0 aliphatic carbocycles. The predicted molar refractivity (Wildman–Crippen MR) is 107 cm³/mol. The highest BCUT2D eigenvalue weighted by atomic mass is 19.1. The Morgan fingerprint density at radius 3 is 2.55 bits per heavy atom. The van der Waals surface area contributed by atoms with E-state index in [4.69, 9.17) is 4.74 Å². The number of carbonyl (C=O) groups excluding carboxylic acids is 1. The number of fused-ring (bicyclic) bond motifs is 1. The van der Waals surface area contributed by atoms with Crippen LogP contribution < -0.4 is 10.1 Å². The smallest absolute Gasteiger partial charge is 0.257 e. The molecule has 0 bridgehead atoms. The van der Waals surface area contributed by atoms with Crippen molar-refractivity contribution in [2.24, 2.45) is 0 Å². The lowest BCUT2D eigenvalue weighted by molar-refractivity contribution is 0.102.